The van der Waals surface area contributed by atoms with Crippen LogP contribution in [0.1, 0.15) is 27.1 Å². The molecule has 0 saturated carbocycles. The number of rotatable bonds is 5. The molecule has 1 aliphatic rings. The summed E-state index contributed by atoms with van der Waals surface area (Å²) in [5.74, 6) is -0.124. The molecule has 1 aliphatic heterocycles. The van der Waals surface area contributed by atoms with Crippen LogP contribution in [0.3, 0.4) is 0 Å². The molecule has 1 fully saturated rings. The topological polar surface area (TPSA) is 67.4 Å². The van der Waals surface area contributed by atoms with Crippen LogP contribution in [0.4, 0.5) is 0 Å². The molecule has 0 bridgehead atoms. The Morgan fingerprint density at radius 2 is 2.21 bits per heavy atom. The molecule has 19 heavy (non-hydrogen) atoms. The van der Waals surface area contributed by atoms with Gasteiger partial charge in [0.25, 0.3) is 5.91 Å². The lowest BCUT2D eigenvalue weighted by molar-refractivity contribution is 0.0239. The highest BCUT2D eigenvalue weighted by atomic mass is 16.5. The molecule has 0 aliphatic carbocycles. The summed E-state index contributed by atoms with van der Waals surface area (Å²) in [6, 6.07) is 6.57. The first-order valence-electron chi connectivity index (χ1n) is 6.45. The van der Waals surface area contributed by atoms with Gasteiger partial charge in [-0.05, 0) is 18.6 Å². The molecule has 1 aromatic rings. The van der Waals surface area contributed by atoms with Crippen molar-refractivity contribution in [2.45, 2.75) is 12.5 Å². The summed E-state index contributed by atoms with van der Waals surface area (Å²) in [6.45, 7) is 3.04. The first kappa shape index (κ1) is 13.7. The number of ether oxygens (including phenoxy) is 1. The van der Waals surface area contributed by atoms with Gasteiger partial charge in [0.15, 0.2) is 0 Å². The van der Waals surface area contributed by atoms with E-state index in [2.05, 4.69) is 10.6 Å². The standard InChI is InChI=1S/C14H18N2O3/c17-10-11-1-3-12(4-2-11)14(18)16-6-5-13-9-15-7-8-19-13/h1-4,10,13,15H,5-9H2,(H,16,18). The SMILES string of the molecule is O=Cc1ccc(C(=O)NCCC2CNCCO2)cc1. The number of benzene rings is 1. The molecule has 5 heteroatoms. The predicted octanol–water partition coefficient (Wildman–Crippen LogP) is 0.607. The average Bonchev–Trinajstić information content (AvgIpc) is 2.48. The van der Waals surface area contributed by atoms with Gasteiger partial charge in [0.05, 0.1) is 12.7 Å². The van der Waals surface area contributed by atoms with Gasteiger partial charge in [-0.2, -0.15) is 0 Å². The molecule has 102 valence electrons. The van der Waals surface area contributed by atoms with Crippen molar-refractivity contribution in [1.29, 1.82) is 0 Å². The third-order valence-electron chi connectivity index (χ3n) is 3.07. The molecule has 0 radical (unpaired) electrons. The third-order valence-corrected chi connectivity index (χ3v) is 3.07. The highest BCUT2D eigenvalue weighted by Gasteiger charge is 2.13. The van der Waals surface area contributed by atoms with Crippen LogP contribution in [0.5, 0.6) is 0 Å². The van der Waals surface area contributed by atoms with Crippen molar-refractivity contribution in [2.75, 3.05) is 26.2 Å². The Balaban J connectivity index is 1.75. The predicted molar refractivity (Wildman–Crippen MR) is 71.4 cm³/mol. The maximum atomic E-state index is 11.8. The summed E-state index contributed by atoms with van der Waals surface area (Å²) in [5.41, 5.74) is 1.13. The van der Waals surface area contributed by atoms with Crippen LogP contribution >= 0.6 is 0 Å². The zero-order valence-corrected chi connectivity index (χ0v) is 10.7. The Labute approximate surface area is 112 Å². The molecule has 0 aromatic heterocycles. The molecule has 1 amide bonds. The fraction of sp³-hybridized carbons (Fsp3) is 0.429. The van der Waals surface area contributed by atoms with Crippen molar-refractivity contribution in [3.8, 4) is 0 Å². The maximum Gasteiger partial charge on any atom is 0.251 e. The van der Waals surface area contributed by atoms with Crippen LogP contribution in [0.15, 0.2) is 24.3 Å². The second kappa shape index (κ2) is 7.01. The number of carbonyl (C=O) groups excluding carboxylic acids is 2. The quantitative estimate of drug-likeness (QED) is 0.763. The minimum atomic E-state index is -0.124. The summed E-state index contributed by atoms with van der Waals surface area (Å²) < 4.78 is 5.54. The second-order valence-corrected chi connectivity index (χ2v) is 4.48. The highest BCUT2D eigenvalue weighted by molar-refractivity contribution is 5.94. The van der Waals surface area contributed by atoms with E-state index >= 15 is 0 Å². The van der Waals surface area contributed by atoms with Gasteiger partial charge in [0.2, 0.25) is 0 Å². The monoisotopic (exact) mass is 262 g/mol. The Kier molecular flexibility index (Phi) is 5.06. The number of carbonyl (C=O) groups is 2. The summed E-state index contributed by atoms with van der Waals surface area (Å²) >= 11 is 0. The summed E-state index contributed by atoms with van der Waals surface area (Å²) in [4.78, 5) is 22.3. The minimum Gasteiger partial charge on any atom is -0.376 e. The number of aldehydes is 1. The highest BCUT2D eigenvalue weighted by Crippen LogP contribution is 2.03. The van der Waals surface area contributed by atoms with Gasteiger partial charge in [-0.3, -0.25) is 9.59 Å². The van der Waals surface area contributed by atoms with Crippen LogP contribution in [0.25, 0.3) is 0 Å². The molecule has 1 saturated heterocycles. The summed E-state index contributed by atoms with van der Waals surface area (Å²) in [6.07, 6.45) is 1.73. The minimum absolute atomic E-state index is 0.124. The van der Waals surface area contributed by atoms with E-state index in [1.165, 1.54) is 0 Å². The number of hydrogen-bond donors (Lipinski definition) is 2. The van der Waals surface area contributed by atoms with E-state index < -0.39 is 0 Å². The largest absolute Gasteiger partial charge is 0.376 e. The zero-order valence-electron chi connectivity index (χ0n) is 10.7. The van der Waals surface area contributed by atoms with Gasteiger partial charge >= 0.3 is 0 Å². The average molecular weight is 262 g/mol. The molecule has 1 aromatic carbocycles. The van der Waals surface area contributed by atoms with Gasteiger partial charge < -0.3 is 15.4 Å². The van der Waals surface area contributed by atoms with Gasteiger partial charge in [-0.15, -0.1) is 0 Å². The fourth-order valence-electron chi connectivity index (χ4n) is 1.97. The lowest BCUT2D eigenvalue weighted by Gasteiger charge is -2.23. The van der Waals surface area contributed by atoms with E-state index in [-0.39, 0.29) is 12.0 Å². The first-order valence-corrected chi connectivity index (χ1v) is 6.45. The van der Waals surface area contributed by atoms with E-state index in [0.717, 1.165) is 32.4 Å². The van der Waals surface area contributed by atoms with Crippen molar-refractivity contribution < 1.29 is 14.3 Å². The zero-order chi connectivity index (χ0) is 13.5. The third kappa shape index (κ3) is 4.15. The number of amides is 1. The van der Waals surface area contributed by atoms with Gasteiger partial charge in [0, 0.05) is 30.8 Å². The number of nitrogens with one attached hydrogen (secondary N) is 2. The lowest BCUT2D eigenvalue weighted by Crippen LogP contribution is -2.40. The maximum absolute atomic E-state index is 11.8. The summed E-state index contributed by atoms with van der Waals surface area (Å²) in [7, 11) is 0. The van der Waals surface area contributed by atoms with Crippen LogP contribution in [0, 0.1) is 0 Å². The Hall–Kier alpha value is -1.72. The van der Waals surface area contributed by atoms with Crippen molar-refractivity contribution in [3.63, 3.8) is 0 Å². The van der Waals surface area contributed by atoms with Crippen molar-refractivity contribution in [2.24, 2.45) is 0 Å². The molecular weight excluding hydrogens is 244 g/mol. The molecular formula is C14H18N2O3. The number of hydrogen-bond acceptors (Lipinski definition) is 4. The van der Waals surface area contributed by atoms with E-state index in [4.69, 9.17) is 4.74 Å². The smallest absolute Gasteiger partial charge is 0.251 e. The number of morpholine rings is 1. The van der Waals surface area contributed by atoms with E-state index in [1.807, 2.05) is 0 Å². The van der Waals surface area contributed by atoms with E-state index in [9.17, 15) is 9.59 Å². The van der Waals surface area contributed by atoms with Crippen molar-refractivity contribution in [1.82, 2.24) is 10.6 Å². The first-order chi connectivity index (χ1) is 9.29. The van der Waals surface area contributed by atoms with Crippen LogP contribution < -0.4 is 10.6 Å². The van der Waals surface area contributed by atoms with Gasteiger partial charge in [0.1, 0.15) is 6.29 Å². The normalized spacial score (nSPS) is 18.8. The van der Waals surface area contributed by atoms with E-state index in [1.54, 1.807) is 24.3 Å². The fourth-order valence-corrected chi connectivity index (χ4v) is 1.97. The Bertz CT molecular complexity index is 425. The molecule has 2 N–H and O–H groups in total. The molecule has 1 heterocycles. The van der Waals surface area contributed by atoms with Crippen LogP contribution in [0.2, 0.25) is 0 Å². The summed E-state index contributed by atoms with van der Waals surface area (Å²) in [5, 5.41) is 6.10. The van der Waals surface area contributed by atoms with Gasteiger partial charge in [-0.1, -0.05) is 12.1 Å². The Morgan fingerprint density at radius 1 is 1.42 bits per heavy atom. The van der Waals surface area contributed by atoms with Crippen molar-refractivity contribution >= 4 is 12.2 Å². The van der Waals surface area contributed by atoms with Crippen LogP contribution in [-0.4, -0.2) is 44.5 Å². The molecule has 5 nitrogen and oxygen atoms in total. The van der Waals surface area contributed by atoms with E-state index in [0.29, 0.717) is 17.7 Å². The molecule has 2 rings (SSSR count). The van der Waals surface area contributed by atoms with Crippen LogP contribution in [-0.2, 0) is 4.74 Å². The Morgan fingerprint density at radius 3 is 2.84 bits per heavy atom. The lowest BCUT2D eigenvalue weighted by atomic mass is 10.1. The van der Waals surface area contributed by atoms with Crippen molar-refractivity contribution in [3.05, 3.63) is 35.4 Å². The second-order valence-electron chi connectivity index (χ2n) is 4.48. The molecule has 1 atom stereocenters. The molecule has 0 spiro atoms. The van der Waals surface area contributed by atoms with Gasteiger partial charge in [-0.25, -0.2) is 0 Å². The molecule has 1 unspecified atom stereocenters.